The van der Waals surface area contributed by atoms with Crippen molar-refractivity contribution in [2.75, 3.05) is 7.11 Å². The number of hydrogen-bond acceptors (Lipinski definition) is 8. The minimum absolute atomic E-state index is 0.0849. The molecule has 2 aromatic heterocycles. The van der Waals surface area contributed by atoms with Gasteiger partial charge in [0.25, 0.3) is 15.9 Å². The van der Waals surface area contributed by atoms with Crippen LogP contribution in [0.5, 0.6) is 0 Å². The third kappa shape index (κ3) is 3.28. The van der Waals surface area contributed by atoms with Gasteiger partial charge in [-0.25, -0.2) is 22.9 Å². The van der Waals surface area contributed by atoms with E-state index in [0.717, 1.165) is 29.8 Å². The topological polar surface area (TPSA) is 102 Å². The third-order valence-corrected chi connectivity index (χ3v) is 5.67. The van der Waals surface area contributed by atoms with E-state index in [1.54, 1.807) is 6.92 Å². The molecule has 0 saturated heterocycles. The van der Waals surface area contributed by atoms with Crippen LogP contribution in [0.3, 0.4) is 0 Å². The molecule has 10 heteroatoms. The average Bonchev–Trinajstić information content (AvgIpc) is 3.05. The zero-order valence-electron chi connectivity index (χ0n) is 10.9. The zero-order valence-corrected chi connectivity index (χ0v) is 13.4. The van der Waals surface area contributed by atoms with Crippen molar-refractivity contribution in [3.8, 4) is 0 Å². The summed E-state index contributed by atoms with van der Waals surface area (Å²) in [5, 5.41) is 2.07. The first kappa shape index (κ1) is 15.6. The van der Waals surface area contributed by atoms with Gasteiger partial charge >= 0.3 is 5.97 Å². The molecule has 0 aliphatic carbocycles. The molecule has 1 N–H and O–H groups in total. The molecule has 0 saturated carbocycles. The SMILES string of the molecule is COC(=O)c1sccc1S(=O)(=O)NC(=O)c1cnc(C)s1. The Labute approximate surface area is 128 Å². The van der Waals surface area contributed by atoms with Gasteiger partial charge in [-0.05, 0) is 18.4 Å². The number of nitrogens with zero attached hydrogens (tertiary/aromatic N) is 1. The predicted molar refractivity (Wildman–Crippen MR) is 77.2 cm³/mol. The highest BCUT2D eigenvalue weighted by molar-refractivity contribution is 7.90. The van der Waals surface area contributed by atoms with Crippen molar-refractivity contribution in [1.82, 2.24) is 9.71 Å². The lowest BCUT2D eigenvalue weighted by Crippen LogP contribution is -2.30. The Hall–Kier alpha value is -1.78. The molecule has 2 heterocycles. The van der Waals surface area contributed by atoms with Crippen molar-refractivity contribution in [3.05, 3.63) is 32.4 Å². The molecule has 0 bridgehead atoms. The lowest BCUT2D eigenvalue weighted by Gasteiger charge is -2.05. The summed E-state index contributed by atoms with van der Waals surface area (Å²) in [5.74, 6) is -1.56. The van der Waals surface area contributed by atoms with Crippen molar-refractivity contribution >= 4 is 44.6 Å². The van der Waals surface area contributed by atoms with E-state index in [-0.39, 0.29) is 14.6 Å². The largest absolute Gasteiger partial charge is 0.465 e. The number of ether oxygens (including phenoxy) is 1. The van der Waals surface area contributed by atoms with E-state index in [1.807, 2.05) is 4.72 Å². The second-order valence-corrected chi connectivity index (χ2v) is 7.59. The minimum Gasteiger partial charge on any atom is -0.465 e. The van der Waals surface area contributed by atoms with Crippen LogP contribution in [-0.4, -0.2) is 32.4 Å². The standard InChI is InChI=1S/C11H10N2O5S3/c1-6-12-5-7(20-6)10(14)13-21(16,17)8-3-4-19-9(8)11(15)18-2/h3-5H,1-2H3,(H,13,14). The Morgan fingerprint density at radius 1 is 1.38 bits per heavy atom. The Bertz CT molecular complexity index is 790. The molecule has 1 amide bonds. The molecule has 0 atom stereocenters. The number of methoxy groups -OCH3 is 1. The van der Waals surface area contributed by atoms with Crippen molar-refractivity contribution < 1.29 is 22.7 Å². The van der Waals surface area contributed by atoms with Gasteiger partial charge in [0.15, 0.2) is 0 Å². The van der Waals surface area contributed by atoms with E-state index in [9.17, 15) is 18.0 Å². The van der Waals surface area contributed by atoms with Crippen LogP contribution in [0.4, 0.5) is 0 Å². The van der Waals surface area contributed by atoms with Crippen LogP contribution in [0.1, 0.15) is 24.4 Å². The summed E-state index contributed by atoms with van der Waals surface area (Å²) >= 11 is 1.99. The van der Waals surface area contributed by atoms with Crippen molar-refractivity contribution in [1.29, 1.82) is 0 Å². The quantitative estimate of drug-likeness (QED) is 0.840. The fourth-order valence-corrected chi connectivity index (χ4v) is 4.48. The molecule has 2 aromatic rings. The molecule has 0 unspecified atom stereocenters. The molecular weight excluding hydrogens is 336 g/mol. The van der Waals surface area contributed by atoms with Crippen LogP contribution < -0.4 is 4.72 Å². The van der Waals surface area contributed by atoms with Crippen LogP contribution in [0.25, 0.3) is 0 Å². The van der Waals surface area contributed by atoms with Gasteiger partial charge < -0.3 is 4.74 Å². The fourth-order valence-electron chi connectivity index (χ4n) is 1.44. The Morgan fingerprint density at radius 2 is 2.10 bits per heavy atom. The van der Waals surface area contributed by atoms with Crippen LogP contribution in [-0.2, 0) is 14.8 Å². The lowest BCUT2D eigenvalue weighted by molar-refractivity contribution is 0.0602. The van der Waals surface area contributed by atoms with E-state index >= 15 is 0 Å². The van der Waals surface area contributed by atoms with Gasteiger partial charge in [-0.3, -0.25) is 4.79 Å². The van der Waals surface area contributed by atoms with Crippen molar-refractivity contribution in [2.45, 2.75) is 11.8 Å². The molecule has 7 nitrogen and oxygen atoms in total. The van der Waals surface area contributed by atoms with E-state index in [1.165, 1.54) is 17.6 Å². The number of esters is 1. The molecule has 112 valence electrons. The minimum atomic E-state index is -4.15. The molecule has 0 aliphatic heterocycles. The molecule has 0 aromatic carbocycles. The van der Waals surface area contributed by atoms with E-state index < -0.39 is 21.9 Å². The molecule has 0 fully saturated rings. The molecule has 0 aliphatic rings. The van der Waals surface area contributed by atoms with Crippen LogP contribution in [0, 0.1) is 6.92 Å². The number of thiazole rings is 1. The number of thiophene rings is 1. The highest BCUT2D eigenvalue weighted by Gasteiger charge is 2.27. The van der Waals surface area contributed by atoms with Crippen LogP contribution >= 0.6 is 22.7 Å². The summed E-state index contributed by atoms with van der Waals surface area (Å²) in [6, 6.07) is 1.24. The van der Waals surface area contributed by atoms with Gasteiger partial charge in [0.2, 0.25) is 0 Å². The number of rotatable bonds is 4. The highest BCUT2D eigenvalue weighted by atomic mass is 32.2. The van der Waals surface area contributed by atoms with Gasteiger partial charge in [0, 0.05) is 0 Å². The maximum atomic E-state index is 12.2. The summed E-state index contributed by atoms with van der Waals surface area (Å²) in [6.07, 6.45) is 1.29. The van der Waals surface area contributed by atoms with Gasteiger partial charge in [-0.2, -0.15) is 0 Å². The lowest BCUT2D eigenvalue weighted by atomic mass is 10.5. The summed E-state index contributed by atoms with van der Waals surface area (Å²) in [5.41, 5.74) is 0. The Morgan fingerprint density at radius 3 is 2.67 bits per heavy atom. The Balaban J connectivity index is 2.29. The first-order chi connectivity index (χ1) is 9.85. The summed E-state index contributed by atoms with van der Waals surface area (Å²) in [4.78, 5) is 27.1. The summed E-state index contributed by atoms with van der Waals surface area (Å²) < 4.78 is 30.8. The monoisotopic (exact) mass is 346 g/mol. The van der Waals surface area contributed by atoms with Crippen LogP contribution in [0.2, 0.25) is 0 Å². The highest BCUT2D eigenvalue weighted by Crippen LogP contribution is 2.23. The van der Waals surface area contributed by atoms with E-state index in [4.69, 9.17) is 0 Å². The number of nitrogens with one attached hydrogen (secondary N) is 1. The molecule has 0 spiro atoms. The third-order valence-electron chi connectivity index (χ3n) is 2.36. The molecular formula is C11H10N2O5S3. The maximum absolute atomic E-state index is 12.2. The number of sulfonamides is 1. The molecule has 0 radical (unpaired) electrons. The number of aromatic nitrogens is 1. The van der Waals surface area contributed by atoms with Gasteiger partial charge in [-0.15, -0.1) is 22.7 Å². The number of carbonyl (C=O) groups excluding carboxylic acids is 2. The van der Waals surface area contributed by atoms with Gasteiger partial charge in [-0.1, -0.05) is 0 Å². The first-order valence-corrected chi connectivity index (χ1v) is 8.68. The van der Waals surface area contributed by atoms with Crippen LogP contribution in [0.15, 0.2) is 22.5 Å². The van der Waals surface area contributed by atoms with E-state index in [0.29, 0.717) is 5.01 Å². The predicted octanol–water partition coefficient (Wildman–Crippen LogP) is 1.42. The smallest absolute Gasteiger partial charge is 0.349 e. The summed E-state index contributed by atoms with van der Waals surface area (Å²) in [7, 11) is -3.00. The van der Waals surface area contributed by atoms with Gasteiger partial charge in [0.05, 0.1) is 18.3 Å². The molecule has 21 heavy (non-hydrogen) atoms. The second-order valence-electron chi connectivity index (χ2n) is 3.78. The summed E-state index contributed by atoms with van der Waals surface area (Å²) in [6.45, 7) is 1.70. The number of hydrogen-bond donors (Lipinski definition) is 1. The van der Waals surface area contributed by atoms with E-state index in [2.05, 4.69) is 9.72 Å². The fraction of sp³-hybridized carbons (Fsp3) is 0.182. The van der Waals surface area contributed by atoms with Gasteiger partial charge in [0.1, 0.15) is 14.6 Å². The first-order valence-electron chi connectivity index (χ1n) is 5.50. The Kier molecular flexibility index (Phi) is 4.40. The van der Waals surface area contributed by atoms with Crippen molar-refractivity contribution in [3.63, 3.8) is 0 Å². The zero-order chi connectivity index (χ0) is 15.6. The molecule has 2 rings (SSSR count). The number of carbonyl (C=O) groups is 2. The number of aryl methyl sites for hydroxylation is 1. The number of amides is 1. The second kappa shape index (κ2) is 5.92. The maximum Gasteiger partial charge on any atom is 0.349 e. The van der Waals surface area contributed by atoms with Crippen molar-refractivity contribution in [2.24, 2.45) is 0 Å². The average molecular weight is 346 g/mol. The normalized spacial score (nSPS) is 11.1.